The number of rotatable bonds is 1. The van der Waals surface area contributed by atoms with E-state index < -0.39 is 15.4 Å². The molecule has 1 aromatic heterocycles. The molecule has 1 unspecified atom stereocenters. The van der Waals surface area contributed by atoms with Gasteiger partial charge in [0.2, 0.25) is 0 Å². The Balaban J connectivity index is 2.29. The van der Waals surface area contributed by atoms with Gasteiger partial charge < -0.3 is 9.67 Å². The Hall–Kier alpha value is -1.66. The zero-order valence-electron chi connectivity index (χ0n) is 10.4. The average molecular weight is 278 g/mol. The van der Waals surface area contributed by atoms with Crippen LogP contribution in [0.1, 0.15) is 17.8 Å². The molecule has 6 heteroatoms. The standard InChI is InChI=1S/C13H14N2O3S/c1-15-8-7-14-12(15)13(16)6-9-19(17,18)11-5-3-2-4-10(11)13/h2-5,7-8,16H,6,9H2,1H3. The molecule has 0 saturated carbocycles. The first-order valence-electron chi connectivity index (χ1n) is 5.97. The molecule has 1 aromatic carbocycles. The molecule has 1 aliphatic rings. The van der Waals surface area contributed by atoms with Crippen LogP contribution in [0.15, 0.2) is 41.6 Å². The van der Waals surface area contributed by atoms with Crippen LogP contribution in [-0.4, -0.2) is 28.8 Å². The third-order valence-corrected chi connectivity index (χ3v) is 5.36. The quantitative estimate of drug-likeness (QED) is 0.839. The van der Waals surface area contributed by atoms with Crippen LogP contribution in [0.2, 0.25) is 0 Å². The molecule has 100 valence electrons. The second-order valence-electron chi connectivity index (χ2n) is 4.79. The predicted octanol–water partition coefficient (Wildman–Crippen LogP) is 0.833. The van der Waals surface area contributed by atoms with Crippen molar-refractivity contribution in [2.75, 3.05) is 5.75 Å². The molecule has 0 spiro atoms. The molecule has 2 heterocycles. The molecule has 0 saturated heterocycles. The highest BCUT2D eigenvalue weighted by atomic mass is 32.2. The minimum Gasteiger partial charge on any atom is -0.377 e. The molecule has 0 aliphatic carbocycles. The summed E-state index contributed by atoms with van der Waals surface area (Å²) in [4.78, 5) is 4.38. The van der Waals surface area contributed by atoms with Crippen molar-refractivity contribution in [1.29, 1.82) is 0 Å². The number of hydrogen-bond donors (Lipinski definition) is 1. The molecule has 0 bridgehead atoms. The molecular weight excluding hydrogens is 264 g/mol. The van der Waals surface area contributed by atoms with Crippen LogP contribution in [-0.2, 0) is 22.5 Å². The van der Waals surface area contributed by atoms with Gasteiger partial charge >= 0.3 is 0 Å². The van der Waals surface area contributed by atoms with Crippen LogP contribution in [0, 0.1) is 0 Å². The highest BCUT2D eigenvalue weighted by Gasteiger charge is 2.44. The fourth-order valence-corrected chi connectivity index (χ4v) is 4.24. The zero-order chi connectivity index (χ0) is 13.7. The second kappa shape index (κ2) is 3.91. The first kappa shape index (κ1) is 12.4. The van der Waals surface area contributed by atoms with Gasteiger partial charge in [0.1, 0.15) is 11.4 Å². The lowest BCUT2D eigenvalue weighted by Gasteiger charge is -2.33. The van der Waals surface area contributed by atoms with E-state index in [1.807, 2.05) is 0 Å². The van der Waals surface area contributed by atoms with E-state index in [1.54, 1.807) is 42.2 Å². The van der Waals surface area contributed by atoms with Gasteiger partial charge in [-0.3, -0.25) is 0 Å². The molecule has 1 atom stereocenters. The maximum atomic E-state index is 12.1. The number of sulfone groups is 1. The zero-order valence-corrected chi connectivity index (χ0v) is 11.3. The molecular formula is C13H14N2O3S. The number of benzene rings is 1. The number of hydrogen-bond acceptors (Lipinski definition) is 4. The Morgan fingerprint density at radius 1 is 1.37 bits per heavy atom. The lowest BCUT2D eigenvalue weighted by atomic mass is 9.89. The van der Waals surface area contributed by atoms with Gasteiger partial charge in [-0.2, -0.15) is 0 Å². The third-order valence-electron chi connectivity index (χ3n) is 3.59. The molecule has 0 amide bonds. The van der Waals surface area contributed by atoms with E-state index in [0.29, 0.717) is 11.4 Å². The predicted molar refractivity (Wildman–Crippen MR) is 69.3 cm³/mol. The van der Waals surface area contributed by atoms with E-state index in [4.69, 9.17) is 0 Å². The number of nitrogens with zero attached hydrogens (tertiary/aromatic N) is 2. The number of fused-ring (bicyclic) bond motifs is 1. The minimum absolute atomic E-state index is 0.0760. The molecule has 0 fully saturated rings. The summed E-state index contributed by atoms with van der Waals surface area (Å²) in [6, 6.07) is 6.59. The van der Waals surface area contributed by atoms with Crippen molar-refractivity contribution in [3.05, 3.63) is 48.0 Å². The van der Waals surface area contributed by atoms with Crippen molar-refractivity contribution in [2.24, 2.45) is 7.05 Å². The summed E-state index contributed by atoms with van der Waals surface area (Å²) in [5, 5.41) is 10.9. The summed E-state index contributed by atoms with van der Waals surface area (Å²) in [6.07, 6.45) is 3.45. The smallest absolute Gasteiger partial charge is 0.178 e. The molecule has 1 aliphatic heterocycles. The molecule has 3 rings (SSSR count). The largest absolute Gasteiger partial charge is 0.377 e. The molecule has 19 heavy (non-hydrogen) atoms. The number of imidazole rings is 1. The van der Waals surface area contributed by atoms with Crippen molar-refractivity contribution < 1.29 is 13.5 Å². The summed E-state index contributed by atoms with van der Waals surface area (Å²) in [5.74, 6) is 0.391. The highest BCUT2D eigenvalue weighted by molar-refractivity contribution is 7.91. The van der Waals surface area contributed by atoms with Gasteiger partial charge in [0.15, 0.2) is 9.84 Å². The van der Waals surface area contributed by atoms with Crippen LogP contribution in [0.5, 0.6) is 0 Å². The lowest BCUT2D eigenvalue weighted by Crippen LogP contribution is -2.38. The fourth-order valence-electron chi connectivity index (χ4n) is 2.60. The Labute approximate surface area is 111 Å². The van der Waals surface area contributed by atoms with Crippen LogP contribution in [0.3, 0.4) is 0 Å². The Kier molecular flexibility index (Phi) is 2.55. The van der Waals surface area contributed by atoms with Crippen LogP contribution < -0.4 is 0 Å². The number of aryl methyl sites for hydroxylation is 1. The van der Waals surface area contributed by atoms with Crippen molar-refractivity contribution in [1.82, 2.24) is 9.55 Å². The van der Waals surface area contributed by atoms with Gasteiger partial charge in [-0.1, -0.05) is 18.2 Å². The van der Waals surface area contributed by atoms with Gasteiger partial charge in [-0.05, 0) is 6.07 Å². The van der Waals surface area contributed by atoms with Crippen molar-refractivity contribution in [3.63, 3.8) is 0 Å². The Bertz CT molecular complexity index is 736. The lowest BCUT2D eigenvalue weighted by molar-refractivity contribution is 0.0595. The molecule has 2 aromatic rings. The minimum atomic E-state index is -3.31. The number of aromatic nitrogens is 2. The van der Waals surface area contributed by atoms with Gasteiger partial charge in [-0.25, -0.2) is 13.4 Å². The first-order chi connectivity index (χ1) is 8.95. The second-order valence-corrected chi connectivity index (χ2v) is 6.86. The summed E-state index contributed by atoms with van der Waals surface area (Å²) in [5.41, 5.74) is -0.935. The maximum absolute atomic E-state index is 12.1. The highest BCUT2D eigenvalue weighted by Crippen LogP contribution is 2.40. The van der Waals surface area contributed by atoms with Crippen molar-refractivity contribution >= 4 is 9.84 Å². The molecule has 1 N–H and O–H groups in total. The van der Waals surface area contributed by atoms with E-state index in [-0.39, 0.29) is 17.1 Å². The van der Waals surface area contributed by atoms with Gasteiger partial charge in [-0.15, -0.1) is 0 Å². The van der Waals surface area contributed by atoms with Crippen LogP contribution in [0.4, 0.5) is 0 Å². The third kappa shape index (κ3) is 1.71. The van der Waals surface area contributed by atoms with Crippen LogP contribution in [0.25, 0.3) is 0 Å². The SMILES string of the molecule is Cn1ccnc1C1(O)CCS(=O)(=O)c2ccccc21. The van der Waals surface area contributed by atoms with E-state index in [1.165, 1.54) is 6.07 Å². The summed E-state index contributed by atoms with van der Waals surface area (Å²) in [6.45, 7) is 0. The summed E-state index contributed by atoms with van der Waals surface area (Å²) < 4.78 is 25.9. The Morgan fingerprint density at radius 2 is 2.11 bits per heavy atom. The van der Waals surface area contributed by atoms with Crippen molar-refractivity contribution in [3.8, 4) is 0 Å². The van der Waals surface area contributed by atoms with Crippen LogP contribution >= 0.6 is 0 Å². The van der Waals surface area contributed by atoms with E-state index in [9.17, 15) is 13.5 Å². The molecule has 0 radical (unpaired) electrons. The monoisotopic (exact) mass is 278 g/mol. The van der Waals surface area contributed by atoms with E-state index >= 15 is 0 Å². The average Bonchev–Trinajstić information content (AvgIpc) is 2.82. The Morgan fingerprint density at radius 3 is 2.79 bits per heavy atom. The first-order valence-corrected chi connectivity index (χ1v) is 7.63. The summed E-state index contributed by atoms with van der Waals surface area (Å²) >= 11 is 0. The van der Waals surface area contributed by atoms with Gasteiger partial charge in [0.25, 0.3) is 0 Å². The van der Waals surface area contributed by atoms with Gasteiger partial charge in [0.05, 0.1) is 10.6 Å². The fraction of sp³-hybridized carbons (Fsp3) is 0.308. The topological polar surface area (TPSA) is 72.2 Å². The summed E-state index contributed by atoms with van der Waals surface area (Å²) in [7, 11) is -1.53. The van der Waals surface area contributed by atoms with Crippen molar-refractivity contribution in [2.45, 2.75) is 16.9 Å². The molecule has 5 nitrogen and oxygen atoms in total. The van der Waals surface area contributed by atoms with E-state index in [0.717, 1.165) is 0 Å². The number of aliphatic hydroxyl groups is 1. The van der Waals surface area contributed by atoms with Gasteiger partial charge in [0, 0.05) is 31.4 Å². The maximum Gasteiger partial charge on any atom is 0.178 e. The van der Waals surface area contributed by atoms with E-state index in [2.05, 4.69) is 4.98 Å². The normalized spacial score (nSPS) is 24.9.